The largest absolute Gasteiger partial charge is 0.394 e. The molecule has 0 bridgehead atoms. The Balaban J connectivity index is 1.75. The number of nitrogens with one attached hydrogen (secondary N) is 1. The number of nitrogens with zero attached hydrogens (tertiary/aromatic N) is 2. The van der Waals surface area contributed by atoms with Gasteiger partial charge in [0.05, 0.1) is 42.0 Å². The molecular weight excluding hydrogens is 501 g/mol. The summed E-state index contributed by atoms with van der Waals surface area (Å²) in [4.78, 5) is 37.0. The zero-order chi connectivity index (χ0) is 21.1. The summed E-state index contributed by atoms with van der Waals surface area (Å²) in [5.41, 5.74) is -0.987. The van der Waals surface area contributed by atoms with Gasteiger partial charge in [0.15, 0.2) is 0 Å². The van der Waals surface area contributed by atoms with Crippen LogP contribution in [0.3, 0.4) is 0 Å². The maximum absolute atomic E-state index is 12.1. The number of H-pyrrole nitrogens is 1. The second-order valence-corrected chi connectivity index (χ2v) is 7.70. The van der Waals surface area contributed by atoms with Crippen molar-refractivity contribution in [3.8, 4) is 0 Å². The normalized spacial score (nSPS) is 21.4. The first kappa shape index (κ1) is 21.6. The van der Waals surface area contributed by atoms with E-state index in [1.165, 1.54) is 12.3 Å². The molecule has 1 aromatic heterocycles. The summed E-state index contributed by atoms with van der Waals surface area (Å²) in [5, 5.41) is 30.2. The summed E-state index contributed by atoms with van der Waals surface area (Å²) in [6.45, 7) is -0.699. The standard InChI is InChI=1S/C17H18IN3O8/c18-11-2-1-9(12(3-11)21(26)27)7-28-8-10-5-20(17(25)19-16(10)24)15-4-13(23)14(6-22)29-15/h1-3,5,13-15,22-23H,4,6-8H2,(H,19,24,25)/t13?,14-,15-/m1/s1. The van der Waals surface area contributed by atoms with Gasteiger partial charge < -0.3 is 19.7 Å². The monoisotopic (exact) mass is 519 g/mol. The highest BCUT2D eigenvalue weighted by Crippen LogP contribution is 2.27. The van der Waals surface area contributed by atoms with Gasteiger partial charge in [0.25, 0.3) is 11.2 Å². The Morgan fingerprint density at radius 1 is 1.34 bits per heavy atom. The molecule has 0 spiro atoms. The van der Waals surface area contributed by atoms with Crippen molar-refractivity contribution in [3.05, 3.63) is 70.0 Å². The third-order valence-electron chi connectivity index (χ3n) is 4.50. The van der Waals surface area contributed by atoms with Gasteiger partial charge in [-0.3, -0.25) is 24.5 Å². The summed E-state index contributed by atoms with van der Waals surface area (Å²) in [5.74, 6) is 0. The molecule has 1 saturated heterocycles. The quantitative estimate of drug-likeness (QED) is 0.270. The van der Waals surface area contributed by atoms with Crippen LogP contribution >= 0.6 is 22.6 Å². The second kappa shape index (κ2) is 9.13. The number of aromatic amines is 1. The van der Waals surface area contributed by atoms with Gasteiger partial charge in [-0.2, -0.15) is 0 Å². The van der Waals surface area contributed by atoms with E-state index in [-0.39, 0.29) is 30.9 Å². The molecule has 3 N–H and O–H groups in total. The third kappa shape index (κ3) is 4.90. The lowest BCUT2D eigenvalue weighted by Crippen LogP contribution is -2.34. The van der Waals surface area contributed by atoms with Gasteiger partial charge >= 0.3 is 5.69 Å². The van der Waals surface area contributed by atoms with Crippen molar-refractivity contribution in [1.29, 1.82) is 0 Å². The number of nitro benzene ring substituents is 1. The third-order valence-corrected chi connectivity index (χ3v) is 5.17. The van der Waals surface area contributed by atoms with Gasteiger partial charge in [-0.05, 0) is 34.7 Å². The lowest BCUT2D eigenvalue weighted by molar-refractivity contribution is -0.386. The molecule has 12 heteroatoms. The lowest BCUT2D eigenvalue weighted by Gasteiger charge is -2.15. The van der Waals surface area contributed by atoms with E-state index in [1.54, 1.807) is 12.1 Å². The van der Waals surface area contributed by atoms with Crippen molar-refractivity contribution in [2.75, 3.05) is 6.61 Å². The van der Waals surface area contributed by atoms with Crippen LogP contribution in [0.15, 0.2) is 34.0 Å². The van der Waals surface area contributed by atoms with Gasteiger partial charge in [-0.15, -0.1) is 0 Å². The molecule has 0 amide bonds. The topological polar surface area (TPSA) is 157 Å². The number of hydrogen-bond acceptors (Lipinski definition) is 8. The van der Waals surface area contributed by atoms with Gasteiger partial charge in [0.1, 0.15) is 12.3 Å². The molecule has 1 aliphatic heterocycles. The van der Waals surface area contributed by atoms with E-state index in [2.05, 4.69) is 4.98 Å². The number of aromatic nitrogens is 2. The fraction of sp³-hybridized carbons (Fsp3) is 0.412. The SMILES string of the molecule is O=c1[nH]c(=O)n([C@H]2CC(O)[C@@H](CO)O2)cc1COCc1ccc(I)cc1[N+](=O)[O-]. The minimum atomic E-state index is -0.940. The van der Waals surface area contributed by atoms with Crippen LogP contribution in [0.1, 0.15) is 23.8 Å². The number of rotatable bonds is 7. The van der Waals surface area contributed by atoms with Gasteiger partial charge in [-0.1, -0.05) is 0 Å². The van der Waals surface area contributed by atoms with E-state index in [0.29, 0.717) is 9.13 Å². The van der Waals surface area contributed by atoms with E-state index >= 15 is 0 Å². The Morgan fingerprint density at radius 3 is 2.72 bits per heavy atom. The summed E-state index contributed by atoms with van der Waals surface area (Å²) >= 11 is 1.97. The highest BCUT2D eigenvalue weighted by atomic mass is 127. The zero-order valence-corrected chi connectivity index (χ0v) is 17.1. The number of hydrogen-bond donors (Lipinski definition) is 3. The predicted molar refractivity (Wildman–Crippen MR) is 107 cm³/mol. The molecule has 3 atom stereocenters. The molecule has 1 fully saturated rings. The minimum Gasteiger partial charge on any atom is -0.394 e. The summed E-state index contributed by atoms with van der Waals surface area (Å²) in [6.07, 6.45) is -1.26. The molecule has 0 saturated carbocycles. The Hall–Kier alpha value is -2.13. The summed E-state index contributed by atoms with van der Waals surface area (Å²) in [6, 6.07) is 4.71. The number of ether oxygens (including phenoxy) is 2. The molecule has 156 valence electrons. The number of aliphatic hydroxyl groups excluding tert-OH is 2. The molecule has 29 heavy (non-hydrogen) atoms. The molecule has 3 rings (SSSR count). The van der Waals surface area contributed by atoms with E-state index < -0.39 is 41.2 Å². The smallest absolute Gasteiger partial charge is 0.330 e. The van der Waals surface area contributed by atoms with E-state index in [1.807, 2.05) is 22.6 Å². The fourth-order valence-electron chi connectivity index (χ4n) is 2.99. The highest BCUT2D eigenvalue weighted by molar-refractivity contribution is 14.1. The van der Waals surface area contributed by atoms with E-state index in [0.717, 1.165) is 4.57 Å². The van der Waals surface area contributed by atoms with Crippen LogP contribution in [0.4, 0.5) is 5.69 Å². The van der Waals surface area contributed by atoms with Crippen LogP contribution in [-0.2, 0) is 22.7 Å². The summed E-state index contributed by atoms with van der Waals surface area (Å²) < 4.78 is 12.7. The van der Waals surface area contributed by atoms with E-state index in [4.69, 9.17) is 9.47 Å². The van der Waals surface area contributed by atoms with Crippen LogP contribution in [0.25, 0.3) is 0 Å². The highest BCUT2D eigenvalue weighted by Gasteiger charge is 2.35. The van der Waals surface area contributed by atoms with Crippen LogP contribution in [0, 0.1) is 13.7 Å². The summed E-state index contributed by atoms with van der Waals surface area (Å²) in [7, 11) is 0. The molecule has 0 aliphatic carbocycles. The number of benzene rings is 1. The molecule has 1 aromatic carbocycles. The van der Waals surface area contributed by atoms with Gasteiger partial charge in [0, 0.05) is 22.3 Å². The molecule has 1 unspecified atom stereocenters. The number of aliphatic hydroxyl groups is 2. The first-order valence-corrected chi connectivity index (χ1v) is 9.67. The first-order valence-electron chi connectivity index (χ1n) is 8.59. The number of nitro groups is 1. The molecule has 2 heterocycles. The maximum atomic E-state index is 12.1. The lowest BCUT2D eigenvalue weighted by atomic mass is 10.2. The molecule has 2 aromatic rings. The van der Waals surface area contributed by atoms with Gasteiger partial charge in [-0.25, -0.2) is 4.79 Å². The Kier molecular flexibility index (Phi) is 6.79. The second-order valence-electron chi connectivity index (χ2n) is 6.46. The molecular formula is C17H18IN3O8. The molecule has 1 aliphatic rings. The zero-order valence-electron chi connectivity index (χ0n) is 15.0. The Bertz CT molecular complexity index is 1020. The van der Waals surface area contributed by atoms with Crippen molar-refractivity contribution in [2.45, 2.75) is 38.1 Å². The molecule has 11 nitrogen and oxygen atoms in total. The van der Waals surface area contributed by atoms with Crippen molar-refractivity contribution in [1.82, 2.24) is 9.55 Å². The van der Waals surface area contributed by atoms with E-state index in [9.17, 15) is 29.9 Å². The van der Waals surface area contributed by atoms with Crippen LogP contribution < -0.4 is 11.2 Å². The predicted octanol–water partition coefficient (Wildman–Crippen LogP) is 0.407. The average molecular weight is 519 g/mol. The average Bonchev–Trinajstić information content (AvgIpc) is 3.04. The minimum absolute atomic E-state index is 0.0757. The first-order chi connectivity index (χ1) is 13.8. The van der Waals surface area contributed by atoms with Crippen molar-refractivity contribution < 1.29 is 24.6 Å². The Morgan fingerprint density at radius 2 is 2.07 bits per heavy atom. The van der Waals surface area contributed by atoms with Crippen LogP contribution in [-0.4, -0.2) is 43.5 Å². The van der Waals surface area contributed by atoms with Gasteiger partial charge in [0.2, 0.25) is 0 Å². The fourth-order valence-corrected chi connectivity index (χ4v) is 3.47. The van der Waals surface area contributed by atoms with Crippen molar-refractivity contribution in [2.24, 2.45) is 0 Å². The molecule has 0 radical (unpaired) electrons. The van der Waals surface area contributed by atoms with Crippen LogP contribution in [0.2, 0.25) is 0 Å². The van der Waals surface area contributed by atoms with Crippen molar-refractivity contribution in [3.63, 3.8) is 0 Å². The van der Waals surface area contributed by atoms with Crippen LogP contribution in [0.5, 0.6) is 0 Å². The van der Waals surface area contributed by atoms with Crippen molar-refractivity contribution >= 4 is 28.3 Å². The maximum Gasteiger partial charge on any atom is 0.330 e. The number of halogens is 1. The Labute approximate surface area is 177 Å².